The highest BCUT2D eigenvalue weighted by molar-refractivity contribution is 5.72. The summed E-state index contributed by atoms with van der Waals surface area (Å²) in [6.07, 6.45) is 12.4. The molecule has 3 rings (SSSR count). The van der Waals surface area contributed by atoms with E-state index in [1.54, 1.807) is 6.33 Å². The summed E-state index contributed by atoms with van der Waals surface area (Å²) in [5, 5.41) is 8.78. The molecule has 0 unspecified atom stereocenters. The van der Waals surface area contributed by atoms with E-state index in [0.29, 0.717) is 5.92 Å². The standard InChI is InChI=1S/C17H24N4/c1-4-6-15-12(3)18-11-21-17(15)16(19-20-21)14-9-7-13(5-2)8-10-14/h4,6,11,13-14H,5,7-10H2,1-3H3/b6-4-/t13-,14-. The van der Waals surface area contributed by atoms with Gasteiger partial charge in [0.15, 0.2) is 0 Å². The van der Waals surface area contributed by atoms with E-state index in [1.807, 2.05) is 11.4 Å². The Hall–Kier alpha value is -1.71. The van der Waals surface area contributed by atoms with Gasteiger partial charge in [0.05, 0.1) is 5.69 Å². The van der Waals surface area contributed by atoms with Crippen molar-refractivity contribution in [1.29, 1.82) is 0 Å². The fourth-order valence-corrected chi connectivity index (χ4v) is 3.52. The van der Waals surface area contributed by atoms with Crippen molar-refractivity contribution in [3.05, 3.63) is 29.4 Å². The molecule has 1 fully saturated rings. The minimum atomic E-state index is 0.552. The molecule has 0 saturated heterocycles. The van der Waals surface area contributed by atoms with Crippen LogP contribution in [0.25, 0.3) is 11.6 Å². The van der Waals surface area contributed by atoms with Gasteiger partial charge in [-0.3, -0.25) is 0 Å². The lowest BCUT2D eigenvalue weighted by molar-refractivity contribution is 0.316. The summed E-state index contributed by atoms with van der Waals surface area (Å²) in [5.74, 6) is 1.46. The third kappa shape index (κ3) is 2.59. The summed E-state index contributed by atoms with van der Waals surface area (Å²) in [7, 11) is 0. The lowest BCUT2D eigenvalue weighted by Crippen LogP contribution is -2.13. The van der Waals surface area contributed by atoms with Gasteiger partial charge in [-0.1, -0.05) is 30.7 Å². The zero-order valence-corrected chi connectivity index (χ0v) is 13.2. The first-order valence-electron chi connectivity index (χ1n) is 8.07. The Bertz CT molecular complexity index is 648. The topological polar surface area (TPSA) is 43.1 Å². The molecule has 2 aromatic rings. The molecule has 0 amide bonds. The first kappa shape index (κ1) is 14.2. The van der Waals surface area contributed by atoms with Crippen molar-refractivity contribution < 1.29 is 0 Å². The van der Waals surface area contributed by atoms with Gasteiger partial charge in [0.2, 0.25) is 0 Å². The van der Waals surface area contributed by atoms with E-state index < -0.39 is 0 Å². The highest BCUT2D eigenvalue weighted by Gasteiger charge is 2.26. The summed E-state index contributed by atoms with van der Waals surface area (Å²) >= 11 is 0. The van der Waals surface area contributed by atoms with E-state index in [-0.39, 0.29) is 0 Å². The average Bonchev–Trinajstić information content (AvgIpc) is 2.94. The van der Waals surface area contributed by atoms with Gasteiger partial charge in [0, 0.05) is 17.2 Å². The Balaban J connectivity index is 2.01. The lowest BCUT2D eigenvalue weighted by Gasteiger charge is -2.26. The van der Waals surface area contributed by atoms with E-state index in [9.17, 15) is 0 Å². The second-order valence-corrected chi connectivity index (χ2v) is 6.14. The zero-order valence-electron chi connectivity index (χ0n) is 13.2. The minimum absolute atomic E-state index is 0.552. The second-order valence-electron chi connectivity index (χ2n) is 6.14. The smallest absolute Gasteiger partial charge is 0.119 e. The maximum Gasteiger partial charge on any atom is 0.119 e. The third-order valence-electron chi connectivity index (χ3n) is 4.87. The van der Waals surface area contributed by atoms with E-state index >= 15 is 0 Å². The number of rotatable bonds is 3. The van der Waals surface area contributed by atoms with Gasteiger partial charge in [-0.05, 0) is 45.4 Å². The van der Waals surface area contributed by atoms with Crippen molar-refractivity contribution in [2.75, 3.05) is 0 Å². The quantitative estimate of drug-likeness (QED) is 0.850. The van der Waals surface area contributed by atoms with Crippen molar-refractivity contribution in [2.24, 2.45) is 5.92 Å². The Morgan fingerprint density at radius 3 is 2.71 bits per heavy atom. The number of aryl methyl sites for hydroxylation is 1. The molecule has 21 heavy (non-hydrogen) atoms. The largest absolute Gasteiger partial charge is 0.241 e. The predicted molar refractivity (Wildman–Crippen MR) is 85.2 cm³/mol. The molecule has 2 aromatic heterocycles. The van der Waals surface area contributed by atoms with Gasteiger partial charge in [0.25, 0.3) is 0 Å². The van der Waals surface area contributed by atoms with Gasteiger partial charge in [-0.2, -0.15) is 0 Å². The van der Waals surface area contributed by atoms with Crippen LogP contribution in [-0.2, 0) is 0 Å². The Kier molecular flexibility index (Phi) is 4.04. The highest BCUT2D eigenvalue weighted by Crippen LogP contribution is 2.38. The molecule has 0 bridgehead atoms. The van der Waals surface area contributed by atoms with Crippen molar-refractivity contribution in [2.45, 2.75) is 58.8 Å². The van der Waals surface area contributed by atoms with Crippen LogP contribution in [0, 0.1) is 12.8 Å². The Labute approximate surface area is 126 Å². The maximum absolute atomic E-state index is 4.49. The minimum Gasteiger partial charge on any atom is -0.241 e. The molecule has 1 saturated carbocycles. The summed E-state index contributed by atoms with van der Waals surface area (Å²) in [6.45, 7) is 6.40. The summed E-state index contributed by atoms with van der Waals surface area (Å²) in [5.41, 5.74) is 4.53. The summed E-state index contributed by atoms with van der Waals surface area (Å²) in [6, 6.07) is 0. The number of allylic oxidation sites excluding steroid dienone is 1. The first-order valence-corrected chi connectivity index (χ1v) is 8.07. The summed E-state index contributed by atoms with van der Waals surface area (Å²) in [4.78, 5) is 4.42. The predicted octanol–water partition coefficient (Wildman–Crippen LogP) is 4.15. The molecule has 4 heteroatoms. The summed E-state index contributed by atoms with van der Waals surface area (Å²) < 4.78 is 1.84. The van der Waals surface area contributed by atoms with Crippen LogP contribution in [-0.4, -0.2) is 19.8 Å². The van der Waals surface area contributed by atoms with Crippen LogP contribution in [0.5, 0.6) is 0 Å². The van der Waals surface area contributed by atoms with Crippen LogP contribution in [0.2, 0.25) is 0 Å². The van der Waals surface area contributed by atoms with Crippen LogP contribution in [0.15, 0.2) is 12.4 Å². The van der Waals surface area contributed by atoms with Crippen LogP contribution < -0.4 is 0 Å². The van der Waals surface area contributed by atoms with Gasteiger partial charge in [-0.25, -0.2) is 9.50 Å². The van der Waals surface area contributed by atoms with Crippen molar-refractivity contribution >= 4 is 11.6 Å². The van der Waals surface area contributed by atoms with E-state index in [1.165, 1.54) is 37.8 Å². The fourth-order valence-electron chi connectivity index (χ4n) is 3.52. The molecule has 0 N–H and O–H groups in total. The number of hydrogen-bond donors (Lipinski definition) is 0. The molecule has 0 aromatic carbocycles. The molecule has 1 aliphatic carbocycles. The molecule has 4 nitrogen and oxygen atoms in total. The number of hydrogen-bond acceptors (Lipinski definition) is 3. The Morgan fingerprint density at radius 2 is 2.05 bits per heavy atom. The highest BCUT2D eigenvalue weighted by atomic mass is 15.4. The molecular weight excluding hydrogens is 260 g/mol. The van der Waals surface area contributed by atoms with Crippen molar-refractivity contribution in [1.82, 2.24) is 19.8 Å². The molecule has 0 spiro atoms. The van der Waals surface area contributed by atoms with Crippen LogP contribution >= 0.6 is 0 Å². The Morgan fingerprint density at radius 1 is 1.29 bits per heavy atom. The first-order chi connectivity index (χ1) is 10.2. The fraction of sp³-hybridized carbons (Fsp3) is 0.588. The number of fused-ring (bicyclic) bond motifs is 1. The molecule has 0 atom stereocenters. The molecule has 0 aliphatic heterocycles. The lowest BCUT2D eigenvalue weighted by atomic mass is 9.79. The molecule has 112 valence electrons. The van der Waals surface area contributed by atoms with E-state index in [0.717, 1.165) is 22.7 Å². The molecular formula is C17H24N4. The normalized spacial score (nSPS) is 23.2. The average molecular weight is 284 g/mol. The monoisotopic (exact) mass is 284 g/mol. The van der Waals surface area contributed by atoms with Crippen molar-refractivity contribution in [3.8, 4) is 0 Å². The number of nitrogens with zero attached hydrogens (tertiary/aromatic N) is 4. The maximum atomic E-state index is 4.49. The third-order valence-corrected chi connectivity index (χ3v) is 4.87. The van der Waals surface area contributed by atoms with E-state index in [4.69, 9.17) is 0 Å². The molecule has 0 radical (unpaired) electrons. The van der Waals surface area contributed by atoms with Crippen LogP contribution in [0.3, 0.4) is 0 Å². The SMILES string of the molecule is C/C=C\c1c(C)ncn2nnc([C@H]3CC[C@H](CC)CC3)c12. The zero-order chi connectivity index (χ0) is 14.8. The second kappa shape index (κ2) is 5.96. The van der Waals surface area contributed by atoms with Crippen LogP contribution in [0.4, 0.5) is 0 Å². The van der Waals surface area contributed by atoms with E-state index in [2.05, 4.69) is 41.3 Å². The van der Waals surface area contributed by atoms with Crippen LogP contribution in [0.1, 0.15) is 68.8 Å². The van der Waals surface area contributed by atoms with Gasteiger partial charge >= 0.3 is 0 Å². The van der Waals surface area contributed by atoms with Crippen molar-refractivity contribution in [3.63, 3.8) is 0 Å². The van der Waals surface area contributed by atoms with Gasteiger partial charge in [0.1, 0.15) is 11.8 Å². The van der Waals surface area contributed by atoms with Gasteiger partial charge < -0.3 is 0 Å². The van der Waals surface area contributed by atoms with Gasteiger partial charge in [-0.15, -0.1) is 5.10 Å². The number of aromatic nitrogens is 4. The molecule has 2 heterocycles. The molecule has 1 aliphatic rings.